The van der Waals surface area contributed by atoms with Crippen LogP contribution in [0, 0.1) is 0 Å². The Hall–Kier alpha value is -1.15. The van der Waals surface area contributed by atoms with E-state index in [0.29, 0.717) is 21.5 Å². The van der Waals surface area contributed by atoms with Crippen LogP contribution < -0.4 is 5.73 Å². The zero-order valence-electron chi connectivity index (χ0n) is 9.92. The first kappa shape index (κ1) is 13.9. The van der Waals surface area contributed by atoms with Crippen molar-refractivity contribution < 1.29 is 18.0 Å². The van der Waals surface area contributed by atoms with Gasteiger partial charge in [-0.25, -0.2) is 8.61 Å². The van der Waals surface area contributed by atoms with E-state index >= 15 is 0 Å². The fourth-order valence-electron chi connectivity index (χ4n) is 1.62. The lowest BCUT2D eigenvalue weighted by atomic mass is 10.2. The molecule has 1 fully saturated rings. The summed E-state index contributed by atoms with van der Waals surface area (Å²) in [5.41, 5.74) is 5.44. The minimum absolute atomic E-state index is 0.0440. The molecule has 98 valence electrons. The molecule has 0 saturated carbocycles. The summed E-state index contributed by atoms with van der Waals surface area (Å²) in [5.74, 6) is -1.69. The smallest absolute Gasteiger partial charge is 0.312 e. The van der Waals surface area contributed by atoms with Crippen LogP contribution in [0.25, 0.3) is 0 Å². The third-order valence-electron chi connectivity index (χ3n) is 2.43. The number of nitrogens with zero attached hydrogens (tertiary/aromatic N) is 2. The average molecular weight is 263 g/mol. The molecule has 0 atom stereocenters. The summed E-state index contributed by atoms with van der Waals surface area (Å²) in [6.07, 6.45) is 0.956. The normalized spacial score (nSPS) is 21.1. The van der Waals surface area contributed by atoms with E-state index in [-0.39, 0.29) is 13.1 Å². The number of carbonyl (C=O) groups is 2. The highest BCUT2D eigenvalue weighted by Crippen LogP contribution is 2.18. The lowest BCUT2D eigenvalue weighted by Crippen LogP contribution is -2.65. The zero-order valence-corrected chi connectivity index (χ0v) is 10.7. The van der Waals surface area contributed by atoms with Gasteiger partial charge in [0, 0.05) is 13.1 Å². The van der Waals surface area contributed by atoms with Gasteiger partial charge in [0.2, 0.25) is 0 Å². The molecule has 1 rings (SSSR count). The molecule has 0 radical (unpaired) electrons. The number of amides is 2. The SMILES string of the molecule is CCCN1C(=O)C(N)C(=O)N(CCC)S1(=O)=O. The topological polar surface area (TPSA) is 101 Å². The summed E-state index contributed by atoms with van der Waals surface area (Å²) in [6.45, 7) is 3.58. The molecule has 2 N–H and O–H groups in total. The molecule has 2 amide bonds. The van der Waals surface area contributed by atoms with Crippen LogP contribution in [0.15, 0.2) is 0 Å². The van der Waals surface area contributed by atoms with E-state index in [0.717, 1.165) is 0 Å². The van der Waals surface area contributed by atoms with Crippen LogP contribution in [0.4, 0.5) is 0 Å². The third kappa shape index (κ3) is 2.27. The Kier molecular flexibility index (Phi) is 4.10. The molecule has 0 unspecified atom stereocenters. The quantitative estimate of drug-likeness (QED) is 0.659. The molecule has 0 bridgehead atoms. The summed E-state index contributed by atoms with van der Waals surface area (Å²) in [5, 5.41) is 0. The highest BCUT2D eigenvalue weighted by Gasteiger charge is 2.47. The maximum absolute atomic E-state index is 12.0. The summed E-state index contributed by atoms with van der Waals surface area (Å²) >= 11 is 0. The fourth-order valence-corrected chi connectivity index (χ4v) is 3.37. The molecular weight excluding hydrogens is 246 g/mol. The van der Waals surface area contributed by atoms with Gasteiger partial charge >= 0.3 is 10.2 Å². The van der Waals surface area contributed by atoms with Gasteiger partial charge in [-0.2, -0.15) is 8.42 Å². The van der Waals surface area contributed by atoms with Gasteiger partial charge < -0.3 is 5.73 Å². The standard InChI is InChI=1S/C9H17N3O4S/c1-3-5-11-8(13)7(10)9(14)12(6-4-2)17(11,15)16/h7H,3-6,10H2,1-2H3. The first-order valence-corrected chi connectivity index (χ1v) is 6.91. The van der Waals surface area contributed by atoms with Crippen molar-refractivity contribution in [2.45, 2.75) is 32.7 Å². The lowest BCUT2D eigenvalue weighted by molar-refractivity contribution is -0.140. The van der Waals surface area contributed by atoms with Gasteiger partial charge in [0.25, 0.3) is 11.8 Å². The predicted molar refractivity (Wildman–Crippen MR) is 60.9 cm³/mol. The van der Waals surface area contributed by atoms with Gasteiger partial charge in [-0.05, 0) is 12.8 Å². The highest BCUT2D eigenvalue weighted by atomic mass is 32.2. The Morgan fingerprint density at radius 2 is 1.41 bits per heavy atom. The molecule has 0 aromatic heterocycles. The second-order valence-corrected chi connectivity index (χ2v) is 5.58. The van der Waals surface area contributed by atoms with Crippen LogP contribution in [-0.4, -0.2) is 48.0 Å². The minimum Gasteiger partial charge on any atom is -0.312 e. The van der Waals surface area contributed by atoms with Gasteiger partial charge in [-0.1, -0.05) is 13.8 Å². The van der Waals surface area contributed by atoms with Gasteiger partial charge in [0.15, 0.2) is 6.04 Å². The number of hydrogen-bond acceptors (Lipinski definition) is 5. The van der Waals surface area contributed by atoms with Crippen molar-refractivity contribution in [3.63, 3.8) is 0 Å². The molecule has 8 heteroatoms. The maximum Gasteiger partial charge on any atom is 0.330 e. The maximum atomic E-state index is 12.0. The molecule has 0 aromatic carbocycles. The van der Waals surface area contributed by atoms with Crippen molar-refractivity contribution in [2.24, 2.45) is 5.73 Å². The first-order valence-electron chi connectivity index (χ1n) is 5.51. The predicted octanol–water partition coefficient (Wildman–Crippen LogP) is -0.951. The van der Waals surface area contributed by atoms with Crippen LogP contribution in [0.5, 0.6) is 0 Å². The Morgan fingerprint density at radius 3 is 1.71 bits per heavy atom. The molecule has 0 spiro atoms. The number of nitrogens with two attached hydrogens (primary N) is 1. The molecule has 17 heavy (non-hydrogen) atoms. The van der Waals surface area contributed by atoms with E-state index in [1.165, 1.54) is 0 Å². The third-order valence-corrected chi connectivity index (χ3v) is 4.27. The summed E-state index contributed by atoms with van der Waals surface area (Å²) < 4.78 is 25.4. The second kappa shape index (κ2) is 5.01. The molecule has 0 aliphatic carbocycles. The van der Waals surface area contributed by atoms with Gasteiger partial charge in [0.05, 0.1) is 0 Å². The van der Waals surface area contributed by atoms with E-state index in [9.17, 15) is 18.0 Å². The van der Waals surface area contributed by atoms with Crippen molar-refractivity contribution in [1.29, 1.82) is 0 Å². The number of rotatable bonds is 4. The molecular formula is C9H17N3O4S. The molecule has 1 heterocycles. The van der Waals surface area contributed by atoms with E-state index in [1.807, 2.05) is 0 Å². The van der Waals surface area contributed by atoms with Gasteiger partial charge in [-0.3, -0.25) is 9.59 Å². The van der Waals surface area contributed by atoms with Crippen LogP contribution in [-0.2, 0) is 19.8 Å². The van der Waals surface area contributed by atoms with Crippen molar-refractivity contribution in [2.75, 3.05) is 13.1 Å². The van der Waals surface area contributed by atoms with Gasteiger partial charge in [-0.15, -0.1) is 0 Å². The Morgan fingerprint density at radius 1 is 1.06 bits per heavy atom. The van der Waals surface area contributed by atoms with Gasteiger partial charge in [0.1, 0.15) is 0 Å². The average Bonchev–Trinajstić information content (AvgIpc) is 2.28. The van der Waals surface area contributed by atoms with Crippen molar-refractivity contribution in [3.05, 3.63) is 0 Å². The van der Waals surface area contributed by atoms with Crippen molar-refractivity contribution >= 4 is 22.0 Å². The van der Waals surface area contributed by atoms with E-state index in [4.69, 9.17) is 5.73 Å². The fraction of sp³-hybridized carbons (Fsp3) is 0.778. The number of carbonyl (C=O) groups excluding carboxylic acids is 2. The Bertz CT molecular complexity index is 388. The first-order chi connectivity index (χ1) is 7.87. The monoisotopic (exact) mass is 263 g/mol. The van der Waals surface area contributed by atoms with Crippen LogP contribution in [0.2, 0.25) is 0 Å². The van der Waals surface area contributed by atoms with E-state index in [1.54, 1.807) is 13.8 Å². The molecule has 1 aliphatic rings. The lowest BCUT2D eigenvalue weighted by Gasteiger charge is -2.36. The number of hydrogen-bond donors (Lipinski definition) is 1. The zero-order chi connectivity index (χ0) is 13.2. The summed E-state index contributed by atoms with van der Waals surface area (Å²) in [6, 6.07) is -1.41. The van der Waals surface area contributed by atoms with Crippen LogP contribution in [0.1, 0.15) is 26.7 Å². The largest absolute Gasteiger partial charge is 0.330 e. The minimum atomic E-state index is -4.03. The molecule has 7 nitrogen and oxygen atoms in total. The van der Waals surface area contributed by atoms with E-state index in [2.05, 4.69) is 0 Å². The highest BCUT2D eigenvalue weighted by molar-refractivity contribution is 7.88. The Labute approximate surface area is 101 Å². The van der Waals surface area contributed by atoms with Crippen molar-refractivity contribution in [1.82, 2.24) is 8.61 Å². The molecule has 0 aromatic rings. The molecule has 1 aliphatic heterocycles. The second-order valence-electron chi connectivity index (χ2n) is 3.81. The van der Waals surface area contributed by atoms with Crippen LogP contribution in [0.3, 0.4) is 0 Å². The Balaban J connectivity index is 3.16. The molecule has 1 saturated heterocycles. The summed E-state index contributed by atoms with van der Waals surface area (Å²) in [7, 11) is -4.03. The van der Waals surface area contributed by atoms with Crippen molar-refractivity contribution in [3.8, 4) is 0 Å². The summed E-state index contributed by atoms with van der Waals surface area (Å²) in [4.78, 5) is 23.3. The van der Waals surface area contributed by atoms with E-state index < -0.39 is 28.1 Å². The van der Waals surface area contributed by atoms with Crippen LogP contribution >= 0.6 is 0 Å².